The molecule has 2 aromatic rings. The van der Waals surface area contributed by atoms with Gasteiger partial charge in [-0.3, -0.25) is 5.32 Å². The zero-order valence-electron chi connectivity index (χ0n) is 13.3. The Hall–Kier alpha value is -2.08. The molecule has 0 aliphatic carbocycles. The zero-order chi connectivity index (χ0) is 16.8. The third-order valence-corrected chi connectivity index (χ3v) is 3.62. The number of carbonyl (C=O) groups is 1. The Balaban J connectivity index is 1.93. The second kappa shape index (κ2) is 7.97. The summed E-state index contributed by atoms with van der Waals surface area (Å²) in [7, 11) is 0. The SMILES string of the molecule is CC(NC(=O)Nc1ccc(Br)cn1)Oc1ccccc1C(C)C. The van der Waals surface area contributed by atoms with E-state index in [0.29, 0.717) is 11.7 Å². The van der Waals surface area contributed by atoms with Gasteiger partial charge in [0.1, 0.15) is 11.6 Å². The number of urea groups is 1. The van der Waals surface area contributed by atoms with Crippen molar-refractivity contribution < 1.29 is 9.53 Å². The molecule has 0 bridgehead atoms. The molecule has 6 heteroatoms. The number of para-hydroxylation sites is 1. The Bertz CT molecular complexity index is 659. The summed E-state index contributed by atoms with van der Waals surface area (Å²) in [5.41, 5.74) is 1.11. The molecule has 2 rings (SSSR count). The van der Waals surface area contributed by atoms with Gasteiger partial charge in [-0.1, -0.05) is 32.0 Å². The number of benzene rings is 1. The van der Waals surface area contributed by atoms with Crippen molar-refractivity contribution in [3.63, 3.8) is 0 Å². The standard InChI is InChI=1S/C17H20BrN3O2/c1-11(2)14-6-4-5-7-15(14)23-12(3)20-17(22)21-16-9-8-13(18)10-19-16/h4-12H,1-3H3,(H2,19,20,21,22). The number of halogens is 1. The van der Waals surface area contributed by atoms with E-state index in [1.54, 1.807) is 25.3 Å². The van der Waals surface area contributed by atoms with Crippen LogP contribution in [0.25, 0.3) is 0 Å². The van der Waals surface area contributed by atoms with E-state index in [0.717, 1.165) is 15.8 Å². The molecule has 1 heterocycles. The zero-order valence-corrected chi connectivity index (χ0v) is 14.9. The fraction of sp³-hybridized carbons (Fsp3) is 0.294. The fourth-order valence-electron chi connectivity index (χ4n) is 2.07. The molecule has 0 radical (unpaired) electrons. The smallest absolute Gasteiger partial charge is 0.323 e. The highest BCUT2D eigenvalue weighted by atomic mass is 79.9. The first-order valence-corrected chi connectivity index (χ1v) is 8.19. The average Bonchev–Trinajstić information content (AvgIpc) is 2.49. The van der Waals surface area contributed by atoms with Gasteiger partial charge in [-0.05, 0) is 52.5 Å². The molecule has 0 fully saturated rings. The van der Waals surface area contributed by atoms with Gasteiger partial charge in [0, 0.05) is 10.7 Å². The minimum atomic E-state index is -0.467. The van der Waals surface area contributed by atoms with E-state index in [-0.39, 0.29) is 6.03 Å². The summed E-state index contributed by atoms with van der Waals surface area (Å²) < 4.78 is 6.69. The molecule has 1 aromatic carbocycles. The van der Waals surface area contributed by atoms with Gasteiger partial charge in [0.2, 0.25) is 0 Å². The van der Waals surface area contributed by atoms with Crippen molar-refractivity contribution in [2.45, 2.75) is 32.9 Å². The number of rotatable bonds is 5. The maximum Gasteiger partial charge on any atom is 0.323 e. The monoisotopic (exact) mass is 377 g/mol. The predicted octanol–water partition coefficient (Wildman–Crippen LogP) is 4.51. The summed E-state index contributed by atoms with van der Waals surface area (Å²) >= 11 is 3.30. The van der Waals surface area contributed by atoms with Crippen LogP contribution < -0.4 is 15.4 Å². The van der Waals surface area contributed by atoms with Crippen molar-refractivity contribution in [3.05, 3.63) is 52.6 Å². The van der Waals surface area contributed by atoms with E-state index >= 15 is 0 Å². The van der Waals surface area contributed by atoms with Crippen LogP contribution in [-0.4, -0.2) is 17.2 Å². The first-order valence-electron chi connectivity index (χ1n) is 7.40. The molecule has 1 atom stereocenters. The molecule has 2 N–H and O–H groups in total. The Morgan fingerprint density at radius 3 is 2.57 bits per heavy atom. The third kappa shape index (κ3) is 5.25. The molecule has 0 spiro atoms. The van der Waals surface area contributed by atoms with Crippen molar-refractivity contribution in [3.8, 4) is 5.75 Å². The van der Waals surface area contributed by atoms with E-state index in [4.69, 9.17) is 4.74 Å². The Morgan fingerprint density at radius 2 is 1.91 bits per heavy atom. The van der Waals surface area contributed by atoms with E-state index in [2.05, 4.69) is 45.4 Å². The maximum atomic E-state index is 12.0. The minimum absolute atomic E-state index is 0.346. The van der Waals surface area contributed by atoms with Crippen molar-refractivity contribution >= 4 is 27.8 Å². The lowest BCUT2D eigenvalue weighted by Gasteiger charge is -2.20. The van der Waals surface area contributed by atoms with E-state index < -0.39 is 6.23 Å². The number of carbonyl (C=O) groups excluding carboxylic acids is 1. The van der Waals surface area contributed by atoms with Crippen LogP contribution in [0.4, 0.5) is 10.6 Å². The normalized spacial score (nSPS) is 11.9. The summed E-state index contributed by atoms with van der Waals surface area (Å²) in [4.78, 5) is 16.1. The van der Waals surface area contributed by atoms with Gasteiger partial charge in [0.15, 0.2) is 6.23 Å². The lowest BCUT2D eigenvalue weighted by Crippen LogP contribution is -2.39. The van der Waals surface area contributed by atoms with Crippen LogP contribution in [0.1, 0.15) is 32.3 Å². The van der Waals surface area contributed by atoms with E-state index in [9.17, 15) is 4.79 Å². The number of hydrogen-bond donors (Lipinski definition) is 2. The fourth-order valence-corrected chi connectivity index (χ4v) is 2.31. The Kier molecular flexibility index (Phi) is 5.98. The number of pyridine rings is 1. The van der Waals surface area contributed by atoms with Crippen LogP contribution >= 0.6 is 15.9 Å². The summed E-state index contributed by atoms with van der Waals surface area (Å²) in [5.74, 6) is 1.59. The summed E-state index contributed by atoms with van der Waals surface area (Å²) in [6, 6.07) is 11.0. The van der Waals surface area contributed by atoms with Gasteiger partial charge in [0.05, 0.1) is 0 Å². The number of anilines is 1. The van der Waals surface area contributed by atoms with Crippen molar-refractivity contribution in [2.24, 2.45) is 0 Å². The number of nitrogens with one attached hydrogen (secondary N) is 2. The van der Waals surface area contributed by atoms with Crippen LogP contribution in [0.2, 0.25) is 0 Å². The molecule has 122 valence electrons. The highest BCUT2D eigenvalue weighted by Crippen LogP contribution is 2.26. The molecule has 0 saturated heterocycles. The molecular weight excluding hydrogens is 358 g/mol. The first-order chi connectivity index (χ1) is 11.0. The number of nitrogens with zero attached hydrogens (tertiary/aromatic N) is 1. The summed E-state index contributed by atoms with van der Waals surface area (Å²) in [5, 5.41) is 5.39. The van der Waals surface area contributed by atoms with Crippen molar-refractivity contribution in [1.29, 1.82) is 0 Å². The van der Waals surface area contributed by atoms with Crippen LogP contribution in [-0.2, 0) is 0 Å². The number of aromatic nitrogens is 1. The van der Waals surface area contributed by atoms with E-state index in [1.807, 2.05) is 24.3 Å². The maximum absolute atomic E-state index is 12.0. The molecule has 23 heavy (non-hydrogen) atoms. The molecule has 0 aliphatic rings. The van der Waals surface area contributed by atoms with Gasteiger partial charge < -0.3 is 10.1 Å². The van der Waals surface area contributed by atoms with Gasteiger partial charge in [0.25, 0.3) is 0 Å². The summed E-state index contributed by atoms with van der Waals surface area (Å²) in [6.07, 6.45) is 1.15. The van der Waals surface area contributed by atoms with E-state index in [1.165, 1.54) is 0 Å². The highest BCUT2D eigenvalue weighted by molar-refractivity contribution is 9.10. The lowest BCUT2D eigenvalue weighted by atomic mass is 10.0. The summed E-state index contributed by atoms with van der Waals surface area (Å²) in [6.45, 7) is 5.99. The lowest BCUT2D eigenvalue weighted by molar-refractivity contribution is 0.181. The second-order valence-electron chi connectivity index (χ2n) is 5.41. The van der Waals surface area contributed by atoms with Crippen LogP contribution in [0.3, 0.4) is 0 Å². The van der Waals surface area contributed by atoms with Gasteiger partial charge in [-0.15, -0.1) is 0 Å². The Labute approximate surface area is 144 Å². The molecule has 0 aliphatic heterocycles. The van der Waals surface area contributed by atoms with Crippen LogP contribution in [0.5, 0.6) is 5.75 Å². The first kappa shape index (κ1) is 17.3. The molecular formula is C17H20BrN3O2. The minimum Gasteiger partial charge on any atom is -0.471 e. The quantitative estimate of drug-likeness (QED) is 0.753. The largest absolute Gasteiger partial charge is 0.471 e. The molecule has 2 amide bonds. The van der Waals surface area contributed by atoms with Crippen LogP contribution in [0.15, 0.2) is 47.1 Å². The third-order valence-electron chi connectivity index (χ3n) is 3.15. The van der Waals surface area contributed by atoms with Crippen LogP contribution in [0, 0.1) is 0 Å². The second-order valence-corrected chi connectivity index (χ2v) is 6.33. The highest BCUT2D eigenvalue weighted by Gasteiger charge is 2.12. The molecule has 5 nitrogen and oxygen atoms in total. The number of hydrogen-bond acceptors (Lipinski definition) is 3. The molecule has 1 unspecified atom stereocenters. The van der Waals surface area contributed by atoms with Crippen molar-refractivity contribution in [2.75, 3.05) is 5.32 Å². The molecule has 1 aromatic heterocycles. The topological polar surface area (TPSA) is 63.2 Å². The van der Waals surface area contributed by atoms with Gasteiger partial charge >= 0.3 is 6.03 Å². The average molecular weight is 378 g/mol. The Morgan fingerprint density at radius 1 is 1.17 bits per heavy atom. The number of ether oxygens (including phenoxy) is 1. The van der Waals surface area contributed by atoms with Gasteiger partial charge in [-0.25, -0.2) is 9.78 Å². The van der Waals surface area contributed by atoms with Gasteiger partial charge in [-0.2, -0.15) is 0 Å². The molecule has 0 saturated carbocycles. The predicted molar refractivity (Wildman–Crippen MR) is 94.7 cm³/mol. The van der Waals surface area contributed by atoms with Crippen molar-refractivity contribution in [1.82, 2.24) is 10.3 Å². The number of amides is 2.